The number of allylic oxidation sites excluding steroid dienone is 1. The van der Waals surface area contributed by atoms with Crippen LogP contribution in [0.4, 0.5) is 4.79 Å². The molecule has 0 aliphatic carbocycles. The average Bonchev–Trinajstić information content (AvgIpc) is 2.13. The maximum atomic E-state index is 11.1. The summed E-state index contributed by atoms with van der Waals surface area (Å²) in [5, 5.41) is 3.78. The van der Waals surface area contributed by atoms with E-state index in [1.165, 1.54) is 0 Å². The van der Waals surface area contributed by atoms with Gasteiger partial charge in [-0.05, 0) is 46.5 Å². The highest BCUT2D eigenvalue weighted by Crippen LogP contribution is 2.06. The molecule has 92 valence electrons. The van der Waals surface area contributed by atoms with E-state index in [0.29, 0.717) is 0 Å². The fraction of sp³-hybridized carbons (Fsp3) is 0.667. The molecule has 0 heterocycles. The highest BCUT2D eigenvalue weighted by Gasteiger charge is 2.15. The highest BCUT2D eigenvalue weighted by atomic mass is 16.6. The Labute approximate surface area is 97.8 Å². The Balaban J connectivity index is 3.52. The minimum atomic E-state index is -0.519. The topological polar surface area (TPSA) is 50.7 Å². The van der Waals surface area contributed by atoms with E-state index in [-0.39, 0.29) is 0 Å². The molecule has 0 aliphatic rings. The minimum Gasteiger partial charge on any atom is -0.443 e. The van der Waals surface area contributed by atoms with E-state index in [1.54, 1.807) is 6.21 Å². The Bertz CT molecular complexity index is 242. The van der Waals surface area contributed by atoms with Crippen LogP contribution in [0.25, 0.3) is 0 Å². The van der Waals surface area contributed by atoms with Gasteiger partial charge < -0.3 is 4.74 Å². The van der Waals surface area contributed by atoms with Crippen LogP contribution in [0.1, 0.15) is 46.5 Å². The van der Waals surface area contributed by atoms with Crippen molar-refractivity contribution < 1.29 is 9.53 Å². The van der Waals surface area contributed by atoms with Crippen LogP contribution in [0.5, 0.6) is 0 Å². The number of nitrogens with one attached hydrogen (secondary N) is 1. The summed E-state index contributed by atoms with van der Waals surface area (Å²) in [5.74, 6) is 0. The average molecular weight is 226 g/mol. The molecule has 4 nitrogen and oxygen atoms in total. The number of rotatable bonds is 6. The Morgan fingerprint density at radius 3 is 2.56 bits per heavy atom. The van der Waals surface area contributed by atoms with Gasteiger partial charge in [-0.25, -0.2) is 10.2 Å². The van der Waals surface area contributed by atoms with E-state index in [9.17, 15) is 4.79 Å². The van der Waals surface area contributed by atoms with Crippen LogP contribution in [0.2, 0.25) is 0 Å². The van der Waals surface area contributed by atoms with Crippen LogP contribution in [0, 0.1) is 0 Å². The zero-order valence-corrected chi connectivity index (χ0v) is 10.5. The van der Waals surface area contributed by atoms with Gasteiger partial charge in [-0.1, -0.05) is 6.08 Å². The smallest absolute Gasteiger partial charge is 0.428 e. The molecule has 0 rings (SSSR count). The predicted octanol–water partition coefficient (Wildman–Crippen LogP) is 3.24. The van der Waals surface area contributed by atoms with Crippen molar-refractivity contribution in [1.29, 1.82) is 0 Å². The van der Waals surface area contributed by atoms with Crippen LogP contribution in [-0.4, -0.2) is 17.9 Å². The van der Waals surface area contributed by atoms with Crippen LogP contribution in [0.15, 0.2) is 17.8 Å². The summed E-state index contributed by atoms with van der Waals surface area (Å²) < 4.78 is 5.01. The van der Waals surface area contributed by atoms with E-state index in [0.717, 1.165) is 25.7 Å². The number of nitrogens with zero attached hydrogens (tertiary/aromatic N) is 1. The molecule has 0 radical (unpaired) electrons. The van der Waals surface area contributed by atoms with Gasteiger partial charge in [0.15, 0.2) is 0 Å². The van der Waals surface area contributed by atoms with E-state index >= 15 is 0 Å². The molecule has 0 aliphatic heterocycles. The van der Waals surface area contributed by atoms with Crippen molar-refractivity contribution in [2.24, 2.45) is 5.10 Å². The largest absolute Gasteiger partial charge is 0.443 e. The normalized spacial score (nSPS) is 11.4. The van der Waals surface area contributed by atoms with Crippen molar-refractivity contribution in [3.05, 3.63) is 12.7 Å². The summed E-state index contributed by atoms with van der Waals surface area (Å²) >= 11 is 0. The maximum absolute atomic E-state index is 11.1. The molecule has 4 heteroatoms. The summed E-state index contributed by atoms with van der Waals surface area (Å²) in [5.41, 5.74) is 1.84. The van der Waals surface area contributed by atoms with Crippen molar-refractivity contribution in [2.75, 3.05) is 0 Å². The summed E-state index contributed by atoms with van der Waals surface area (Å²) in [6.45, 7) is 9.08. The number of amides is 1. The third-order valence-electron chi connectivity index (χ3n) is 1.64. The van der Waals surface area contributed by atoms with Gasteiger partial charge in [0.05, 0.1) is 0 Å². The van der Waals surface area contributed by atoms with Gasteiger partial charge in [-0.2, -0.15) is 5.10 Å². The van der Waals surface area contributed by atoms with Gasteiger partial charge >= 0.3 is 6.09 Å². The van der Waals surface area contributed by atoms with Crippen LogP contribution >= 0.6 is 0 Å². The van der Waals surface area contributed by atoms with Crippen molar-refractivity contribution in [3.63, 3.8) is 0 Å². The van der Waals surface area contributed by atoms with E-state index in [2.05, 4.69) is 17.1 Å². The monoisotopic (exact) mass is 226 g/mol. The molecule has 0 unspecified atom stereocenters. The summed E-state index contributed by atoms with van der Waals surface area (Å²) in [6.07, 6.45) is 7.09. The molecule has 1 amide bonds. The van der Waals surface area contributed by atoms with Crippen molar-refractivity contribution in [2.45, 2.75) is 52.1 Å². The Morgan fingerprint density at radius 1 is 1.38 bits per heavy atom. The number of hydrazone groups is 1. The Hall–Kier alpha value is -1.32. The summed E-state index contributed by atoms with van der Waals surface area (Å²) in [6, 6.07) is 0. The molecule has 0 aromatic heterocycles. The maximum Gasteiger partial charge on any atom is 0.428 e. The first-order chi connectivity index (χ1) is 7.45. The third-order valence-corrected chi connectivity index (χ3v) is 1.64. The van der Waals surface area contributed by atoms with E-state index in [1.807, 2.05) is 26.8 Å². The molecular weight excluding hydrogens is 204 g/mol. The zero-order chi connectivity index (χ0) is 12.4. The second-order valence-electron chi connectivity index (χ2n) is 4.50. The Kier molecular flexibility index (Phi) is 7.25. The third kappa shape index (κ3) is 10.8. The molecule has 0 aromatic carbocycles. The lowest BCUT2D eigenvalue weighted by atomic mass is 10.2. The highest BCUT2D eigenvalue weighted by molar-refractivity contribution is 5.69. The second kappa shape index (κ2) is 7.91. The fourth-order valence-electron chi connectivity index (χ4n) is 0.988. The Morgan fingerprint density at radius 2 is 2.00 bits per heavy atom. The number of ether oxygens (including phenoxy) is 1. The lowest BCUT2D eigenvalue weighted by Gasteiger charge is -2.18. The summed E-state index contributed by atoms with van der Waals surface area (Å²) in [4.78, 5) is 11.1. The molecule has 1 N–H and O–H groups in total. The van der Waals surface area contributed by atoms with Crippen LogP contribution in [-0.2, 0) is 4.74 Å². The molecular formula is C12H22N2O2. The number of hydrogen-bond acceptors (Lipinski definition) is 3. The van der Waals surface area contributed by atoms with Crippen LogP contribution < -0.4 is 5.43 Å². The van der Waals surface area contributed by atoms with Gasteiger partial charge in [-0.15, -0.1) is 6.58 Å². The van der Waals surface area contributed by atoms with Crippen molar-refractivity contribution in [3.8, 4) is 0 Å². The predicted molar refractivity (Wildman–Crippen MR) is 66.5 cm³/mol. The number of carbonyl (C=O) groups excluding carboxylic acids is 1. The molecule has 0 aromatic rings. The lowest BCUT2D eigenvalue weighted by Crippen LogP contribution is -2.29. The molecule has 0 saturated carbocycles. The first-order valence-corrected chi connectivity index (χ1v) is 5.57. The first kappa shape index (κ1) is 14.7. The number of hydrogen-bond donors (Lipinski definition) is 1. The van der Waals surface area contributed by atoms with E-state index < -0.39 is 11.7 Å². The molecule has 0 atom stereocenters. The number of unbranched alkanes of at least 4 members (excludes halogenated alkanes) is 3. The summed E-state index contributed by atoms with van der Waals surface area (Å²) in [7, 11) is 0. The van der Waals surface area contributed by atoms with Gasteiger partial charge in [0.25, 0.3) is 0 Å². The van der Waals surface area contributed by atoms with Gasteiger partial charge in [-0.3, -0.25) is 0 Å². The van der Waals surface area contributed by atoms with Gasteiger partial charge in [0, 0.05) is 6.21 Å². The minimum absolute atomic E-state index is 0.483. The molecule has 0 fully saturated rings. The standard InChI is InChI=1S/C12H22N2O2/c1-5-6-7-8-9-10-13-14-11(15)16-12(2,3)4/h5,10H,1,6-9H2,2-4H3,(H,14,15)/b13-10+. The second-order valence-corrected chi connectivity index (χ2v) is 4.50. The molecule has 16 heavy (non-hydrogen) atoms. The first-order valence-electron chi connectivity index (χ1n) is 5.57. The molecule has 0 saturated heterocycles. The van der Waals surface area contributed by atoms with Gasteiger partial charge in [0.2, 0.25) is 0 Å². The zero-order valence-electron chi connectivity index (χ0n) is 10.5. The molecule has 0 bridgehead atoms. The molecule has 0 spiro atoms. The SMILES string of the molecule is C=CCCCC/C=N/NC(=O)OC(C)(C)C. The fourth-order valence-corrected chi connectivity index (χ4v) is 0.988. The lowest BCUT2D eigenvalue weighted by molar-refractivity contribution is 0.0529. The van der Waals surface area contributed by atoms with Crippen LogP contribution in [0.3, 0.4) is 0 Å². The quantitative estimate of drug-likeness (QED) is 0.327. The van der Waals surface area contributed by atoms with E-state index in [4.69, 9.17) is 4.74 Å². The van der Waals surface area contributed by atoms with Crippen molar-refractivity contribution >= 4 is 12.3 Å². The van der Waals surface area contributed by atoms with Crippen molar-refractivity contribution in [1.82, 2.24) is 5.43 Å². The number of carbonyl (C=O) groups is 1. The van der Waals surface area contributed by atoms with Gasteiger partial charge in [0.1, 0.15) is 5.60 Å².